The fraction of sp³-hybridized carbons (Fsp3) is 0.385. The first-order valence-corrected chi connectivity index (χ1v) is 7.03. The molecule has 0 aromatic carbocycles. The van der Waals surface area contributed by atoms with E-state index in [0.717, 1.165) is 29.0 Å². The Kier molecular flexibility index (Phi) is 3.32. The van der Waals surface area contributed by atoms with Gasteiger partial charge in [-0.1, -0.05) is 11.6 Å². The number of rotatable bonds is 4. The minimum atomic E-state index is 0.815. The van der Waals surface area contributed by atoms with Crippen LogP contribution in [0.4, 0.5) is 5.82 Å². The highest BCUT2D eigenvalue weighted by atomic mass is 79.9. The molecule has 1 N–H and O–H groups in total. The van der Waals surface area contributed by atoms with Crippen LogP contribution in [0.15, 0.2) is 34.8 Å². The van der Waals surface area contributed by atoms with Gasteiger partial charge in [0.05, 0.1) is 0 Å². The van der Waals surface area contributed by atoms with Crippen molar-refractivity contribution in [2.24, 2.45) is 0 Å². The minimum Gasteiger partial charge on any atom is -0.367 e. The van der Waals surface area contributed by atoms with E-state index in [1.54, 1.807) is 11.8 Å². The quantitative estimate of drug-likeness (QED) is 0.880. The van der Waals surface area contributed by atoms with Crippen LogP contribution in [0.2, 0.25) is 0 Å². The molecule has 18 heavy (non-hydrogen) atoms. The summed E-state index contributed by atoms with van der Waals surface area (Å²) in [6, 6.07) is 0. The lowest BCUT2D eigenvalue weighted by molar-refractivity contribution is 0.861. The summed E-state index contributed by atoms with van der Waals surface area (Å²) in [5.41, 5.74) is 2.44. The van der Waals surface area contributed by atoms with Gasteiger partial charge in [-0.25, -0.2) is 9.97 Å². The van der Waals surface area contributed by atoms with Gasteiger partial charge in [-0.3, -0.25) is 0 Å². The maximum atomic E-state index is 4.44. The number of hydrogen-bond donors (Lipinski definition) is 1. The standard InChI is InChI=1S/C13H15BrN4/c14-11-9-18-8-7-16-13(18)12(17-11)15-6-5-10-3-1-2-4-10/h3,7-9H,1-2,4-6H2,(H,15,17). The molecule has 0 bridgehead atoms. The molecule has 0 saturated heterocycles. The molecule has 2 aromatic heterocycles. The van der Waals surface area contributed by atoms with Gasteiger partial charge >= 0.3 is 0 Å². The van der Waals surface area contributed by atoms with Crippen molar-refractivity contribution in [1.82, 2.24) is 14.4 Å². The topological polar surface area (TPSA) is 42.2 Å². The normalized spacial score (nSPS) is 15.1. The van der Waals surface area contributed by atoms with E-state index >= 15 is 0 Å². The van der Waals surface area contributed by atoms with Crippen molar-refractivity contribution in [1.29, 1.82) is 0 Å². The fourth-order valence-electron chi connectivity index (χ4n) is 2.33. The van der Waals surface area contributed by atoms with Gasteiger partial charge in [-0.15, -0.1) is 0 Å². The number of aromatic nitrogens is 3. The number of hydrogen-bond acceptors (Lipinski definition) is 3. The molecule has 94 valence electrons. The highest BCUT2D eigenvalue weighted by Gasteiger charge is 2.07. The number of fused-ring (bicyclic) bond motifs is 1. The first-order chi connectivity index (χ1) is 8.83. The van der Waals surface area contributed by atoms with Gasteiger partial charge in [-0.2, -0.15) is 0 Å². The second-order valence-electron chi connectivity index (χ2n) is 4.50. The van der Waals surface area contributed by atoms with Crippen LogP contribution in [-0.2, 0) is 0 Å². The van der Waals surface area contributed by atoms with Crippen molar-refractivity contribution in [3.63, 3.8) is 0 Å². The summed E-state index contributed by atoms with van der Waals surface area (Å²) in [5, 5.41) is 3.38. The van der Waals surface area contributed by atoms with Crippen LogP contribution in [0, 0.1) is 0 Å². The summed E-state index contributed by atoms with van der Waals surface area (Å²) in [6.07, 6.45) is 12.9. The largest absolute Gasteiger partial charge is 0.367 e. The van der Waals surface area contributed by atoms with E-state index in [-0.39, 0.29) is 0 Å². The van der Waals surface area contributed by atoms with Gasteiger partial charge in [0.25, 0.3) is 0 Å². The van der Waals surface area contributed by atoms with Crippen LogP contribution in [0.1, 0.15) is 25.7 Å². The van der Waals surface area contributed by atoms with E-state index in [1.165, 1.54) is 19.3 Å². The van der Waals surface area contributed by atoms with Crippen LogP contribution in [0.5, 0.6) is 0 Å². The van der Waals surface area contributed by atoms with E-state index < -0.39 is 0 Å². The van der Waals surface area contributed by atoms with E-state index in [9.17, 15) is 0 Å². The van der Waals surface area contributed by atoms with Gasteiger partial charge in [0.2, 0.25) is 0 Å². The molecule has 0 saturated carbocycles. The third kappa shape index (κ3) is 2.41. The molecule has 0 unspecified atom stereocenters. The van der Waals surface area contributed by atoms with Gasteiger partial charge < -0.3 is 9.72 Å². The number of nitrogens with one attached hydrogen (secondary N) is 1. The van der Waals surface area contributed by atoms with Crippen molar-refractivity contribution in [3.8, 4) is 0 Å². The zero-order valence-corrected chi connectivity index (χ0v) is 11.7. The van der Waals surface area contributed by atoms with Gasteiger partial charge in [0.15, 0.2) is 11.5 Å². The molecule has 1 aliphatic rings. The van der Waals surface area contributed by atoms with Crippen molar-refractivity contribution in [2.75, 3.05) is 11.9 Å². The molecule has 1 aliphatic carbocycles. The molecule has 0 spiro atoms. The molecule has 5 heteroatoms. The van der Waals surface area contributed by atoms with E-state index in [4.69, 9.17) is 0 Å². The molecular formula is C13H15BrN4. The Hall–Kier alpha value is -1.36. The summed E-state index contributed by atoms with van der Waals surface area (Å²) in [4.78, 5) is 8.75. The smallest absolute Gasteiger partial charge is 0.180 e. The number of allylic oxidation sites excluding steroid dienone is 1. The Labute approximate surface area is 114 Å². The molecular weight excluding hydrogens is 292 g/mol. The summed E-state index contributed by atoms with van der Waals surface area (Å²) >= 11 is 3.42. The summed E-state index contributed by atoms with van der Waals surface area (Å²) in [6.45, 7) is 0.914. The Balaban J connectivity index is 1.71. The zero-order valence-electron chi connectivity index (χ0n) is 10.1. The fourth-order valence-corrected chi connectivity index (χ4v) is 2.72. The summed E-state index contributed by atoms with van der Waals surface area (Å²) < 4.78 is 2.78. The first kappa shape index (κ1) is 11.7. The number of anilines is 1. The molecule has 3 rings (SSSR count). The van der Waals surface area contributed by atoms with Gasteiger partial charge in [0.1, 0.15) is 4.60 Å². The van der Waals surface area contributed by atoms with Crippen molar-refractivity contribution in [3.05, 3.63) is 34.8 Å². The minimum absolute atomic E-state index is 0.815. The van der Waals surface area contributed by atoms with Crippen LogP contribution in [0.3, 0.4) is 0 Å². The second kappa shape index (κ2) is 5.10. The molecule has 0 aliphatic heterocycles. The summed E-state index contributed by atoms with van der Waals surface area (Å²) in [7, 11) is 0. The zero-order chi connectivity index (χ0) is 12.4. The highest BCUT2D eigenvalue weighted by molar-refractivity contribution is 9.10. The molecule has 0 amide bonds. The van der Waals surface area contributed by atoms with Gasteiger partial charge in [0, 0.05) is 25.1 Å². The first-order valence-electron chi connectivity index (χ1n) is 6.24. The van der Waals surface area contributed by atoms with Crippen LogP contribution < -0.4 is 5.32 Å². The third-order valence-electron chi connectivity index (χ3n) is 3.22. The lowest BCUT2D eigenvalue weighted by Crippen LogP contribution is -2.06. The highest BCUT2D eigenvalue weighted by Crippen LogP contribution is 2.21. The predicted octanol–water partition coefficient (Wildman–Crippen LogP) is 3.40. The molecule has 2 heterocycles. The van der Waals surface area contributed by atoms with E-state index in [0.29, 0.717) is 0 Å². The molecule has 2 aromatic rings. The Morgan fingerprint density at radius 3 is 3.22 bits per heavy atom. The molecule has 0 radical (unpaired) electrons. The van der Waals surface area contributed by atoms with Crippen molar-refractivity contribution in [2.45, 2.75) is 25.7 Å². The van der Waals surface area contributed by atoms with Gasteiger partial charge in [-0.05, 0) is 41.6 Å². The Morgan fingerprint density at radius 2 is 2.39 bits per heavy atom. The van der Waals surface area contributed by atoms with Crippen molar-refractivity contribution < 1.29 is 0 Å². The third-order valence-corrected chi connectivity index (χ3v) is 3.60. The lowest BCUT2D eigenvalue weighted by Gasteiger charge is -2.08. The van der Waals surface area contributed by atoms with E-state index in [1.807, 2.05) is 16.8 Å². The summed E-state index contributed by atoms with van der Waals surface area (Å²) in [5.74, 6) is 0.841. The lowest BCUT2D eigenvalue weighted by atomic mass is 10.2. The average molecular weight is 307 g/mol. The van der Waals surface area contributed by atoms with Crippen LogP contribution >= 0.6 is 15.9 Å². The van der Waals surface area contributed by atoms with Crippen molar-refractivity contribution >= 4 is 27.4 Å². The Bertz CT molecular complexity index is 588. The number of halogens is 1. The monoisotopic (exact) mass is 306 g/mol. The second-order valence-corrected chi connectivity index (χ2v) is 5.31. The maximum absolute atomic E-state index is 4.44. The predicted molar refractivity (Wildman–Crippen MR) is 75.7 cm³/mol. The maximum Gasteiger partial charge on any atom is 0.180 e. The number of imidazole rings is 1. The van der Waals surface area contributed by atoms with Crippen LogP contribution in [-0.4, -0.2) is 20.9 Å². The van der Waals surface area contributed by atoms with E-state index in [2.05, 4.69) is 37.3 Å². The Morgan fingerprint density at radius 1 is 1.44 bits per heavy atom. The average Bonchev–Trinajstić information content (AvgIpc) is 2.98. The molecule has 0 atom stereocenters. The SMILES string of the molecule is Brc1cn2ccnc2c(NCCC2=CCCC2)n1. The molecule has 4 nitrogen and oxygen atoms in total. The number of nitrogens with zero attached hydrogens (tertiary/aromatic N) is 3. The molecule has 0 fully saturated rings. The van der Waals surface area contributed by atoms with Crippen LogP contribution in [0.25, 0.3) is 5.65 Å².